The zero-order valence-corrected chi connectivity index (χ0v) is 16.7. The van der Waals surface area contributed by atoms with Crippen molar-refractivity contribution in [2.45, 2.75) is 26.0 Å². The molecule has 0 aliphatic carbocycles. The van der Waals surface area contributed by atoms with Crippen molar-refractivity contribution in [2.24, 2.45) is 0 Å². The molecule has 0 radical (unpaired) electrons. The van der Waals surface area contributed by atoms with E-state index in [1.54, 1.807) is 6.33 Å². The summed E-state index contributed by atoms with van der Waals surface area (Å²) in [5, 5.41) is 0. The van der Waals surface area contributed by atoms with Crippen molar-refractivity contribution in [3.8, 4) is 5.95 Å². The van der Waals surface area contributed by atoms with Gasteiger partial charge in [0.15, 0.2) is 0 Å². The lowest BCUT2D eigenvalue weighted by Crippen LogP contribution is -2.48. The number of benzene rings is 1. The van der Waals surface area contributed by atoms with E-state index in [0.717, 1.165) is 30.7 Å². The molecule has 2 atom stereocenters. The molecule has 0 spiro atoms. The summed E-state index contributed by atoms with van der Waals surface area (Å²) in [5.74, 6) is 1.94. The maximum atomic E-state index is 5.79. The van der Waals surface area contributed by atoms with Crippen LogP contribution in [-0.4, -0.2) is 76.1 Å². The van der Waals surface area contributed by atoms with Crippen molar-refractivity contribution >= 4 is 22.9 Å². The van der Waals surface area contributed by atoms with Gasteiger partial charge in [-0.3, -0.25) is 4.57 Å². The van der Waals surface area contributed by atoms with Gasteiger partial charge in [-0.2, -0.15) is 15.0 Å². The molecule has 2 aliphatic heterocycles. The summed E-state index contributed by atoms with van der Waals surface area (Å²) >= 11 is 0. The molecule has 3 aromatic rings. The van der Waals surface area contributed by atoms with Crippen molar-refractivity contribution < 1.29 is 9.47 Å². The SMILES string of the molecule is C[C@H]1CN(c2nc(N3CCOCC3)nc(-n3cnc4ccccc43)n2)[C@@H](C)CO1. The van der Waals surface area contributed by atoms with Gasteiger partial charge in [0, 0.05) is 19.6 Å². The Bertz CT molecular complexity index is 1000. The monoisotopic (exact) mass is 395 g/mol. The average molecular weight is 395 g/mol. The van der Waals surface area contributed by atoms with Crippen LogP contribution in [0.1, 0.15) is 13.8 Å². The highest BCUT2D eigenvalue weighted by molar-refractivity contribution is 5.76. The number of hydrogen-bond donors (Lipinski definition) is 0. The molecule has 2 saturated heterocycles. The Balaban J connectivity index is 1.61. The molecule has 2 fully saturated rings. The minimum atomic E-state index is 0.132. The first-order valence-electron chi connectivity index (χ1n) is 10.1. The van der Waals surface area contributed by atoms with Crippen molar-refractivity contribution in [2.75, 3.05) is 49.3 Å². The van der Waals surface area contributed by atoms with Gasteiger partial charge in [0.2, 0.25) is 17.8 Å². The molecule has 4 heterocycles. The van der Waals surface area contributed by atoms with Crippen molar-refractivity contribution in [1.82, 2.24) is 24.5 Å². The topological polar surface area (TPSA) is 81.4 Å². The molecule has 152 valence electrons. The summed E-state index contributed by atoms with van der Waals surface area (Å²) in [6.45, 7) is 8.50. The zero-order valence-electron chi connectivity index (χ0n) is 16.7. The quantitative estimate of drug-likeness (QED) is 0.662. The van der Waals surface area contributed by atoms with Crippen molar-refractivity contribution in [1.29, 1.82) is 0 Å². The predicted octanol–water partition coefficient (Wildman–Crippen LogP) is 1.66. The van der Waals surface area contributed by atoms with Gasteiger partial charge in [-0.15, -0.1) is 0 Å². The Kier molecular flexibility index (Phi) is 4.76. The second-order valence-corrected chi connectivity index (χ2v) is 7.58. The van der Waals surface area contributed by atoms with Gasteiger partial charge in [0.1, 0.15) is 6.33 Å². The maximum absolute atomic E-state index is 5.79. The maximum Gasteiger partial charge on any atom is 0.242 e. The van der Waals surface area contributed by atoms with E-state index >= 15 is 0 Å². The molecule has 0 bridgehead atoms. The van der Waals surface area contributed by atoms with E-state index < -0.39 is 0 Å². The fourth-order valence-corrected chi connectivity index (χ4v) is 3.78. The van der Waals surface area contributed by atoms with Crippen LogP contribution in [0.15, 0.2) is 30.6 Å². The molecule has 29 heavy (non-hydrogen) atoms. The largest absolute Gasteiger partial charge is 0.378 e. The van der Waals surface area contributed by atoms with Crippen LogP contribution in [-0.2, 0) is 9.47 Å². The van der Waals surface area contributed by atoms with E-state index in [-0.39, 0.29) is 12.1 Å². The van der Waals surface area contributed by atoms with Gasteiger partial charge >= 0.3 is 0 Å². The van der Waals surface area contributed by atoms with Gasteiger partial charge in [-0.1, -0.05) is 12.1 Å². The van der Waals surface area contributed by atoms with E-state index in [9.17, 15) is 0 Å². The number of aromatic nitrogens is 5. The summed E-state index contributed by atoms with van der Waals surface area (Å²) in [7, 11) is 0. The van der Waals surface area contributed by atoms with Gasteiger partial charge in [0.25, 0.3) is 0 Å². The Morgan fingerprint density at radius 2 is 1.72 bits per heavy atom. The molecule has 2 aromatic heterocycles. The Morgan fingerprint density at radius 1 is 0.966 bits per heavy atom. The van der Waals surface area contributed by atoms with Gasteiger partial charge < -0.3 is 19.3 Å². The molecule has 9 nitrogen and oxygen atoms in total. The van der Waals surface area contributed by atoms with Crippen LogP contribution < -0.4 is 9.80 Å². The number of anilines is 2. The third kappa shape index (κ3) is 3.51. The number of para-hydroxylation sites is 2. The molecular weight excluding hydrogens is 370 g/mol. The number of nitrogens with zero attached hydrogens (tertiary/aromatic N) is 7. The molecule has 2 aliphatic rings. The molecular formula is C20H25N7O2. The van der Waals surface area contributed by atoms with Gasteiger partial charge in [0.05, 0.1) is 43.0 Å². The van der Waals surface area contributed by atoms with E-state index in [2.05, 4.69) is 28.6 Å². The minimum Gasteiger partial charge on any atom is -0.378 e. The first-order valence-corrected chi connectivity index (χ1v) is 10.1. The first-order chi connectivity index (χ1) is 14.2. The van der Waals surface area contributed by atoms with Crippen LogP contribution >= 0.6 is 0 Å². The normalized spacial score (nSPS) is 23.0. The summed E-state index contributed by atoms with van der Waals surface area (Å²) in [6.07, 6.45) is 1.91. The number of morpholine rings is 2. The van der Waals surface area contributed by atoms with Crippen molar-refractivity contribution in [3.05, 3.63) is 30.6 Å². The number of imidazole rings is 1. The van der Waals surface area contributed by atoms with E-state index in [4.69, 9.17) is 24.4 Å². The van der Waals surface area contributed by atoms with Crippen LogP contribution in [0.5, 0.6) is 0 Å². The Labute approximate surface area is 169 Å². The lowest BCUT2D eigenvalue weighted by atomic mass is 10.2. The molecule has 0 saturated carbocycles. The summed E-state index contributed by atoms with van der Waals surface area (Å²) in [6, 6.07) is 8.19. The standard InChI is InChI=1S/C20H25N7O2/c1-14-12-29-15(2)11-26(14)19-22-18(25-7-9-28-10-8-25)23-20(24-19)27-13-21-16-5-3-4-6-17(16)27/h3-6,13-15H,7-12H2,1-2H3/t14-,15-/m0/s1. The van der Waals surface area contributed by atoms with Gasteiger partial charge in [-0.25, -0.2) is 4.98 Å². The fraction of sp³-hybridized carbons (Fsp3) is 0.500. The van der Waals surface area contributed by atoms with Crippen LogP contribution in [0.2, 0.25) is 0 Å². The number of hydrogen-bond acceptors (Lipinski definition) is 8. The predicted molar refractivity (Wildman–Crippen MR) is 110 cm³/mol. The average Bonchev–Trinajstić information content (AvgIpc) is 3.20. The smallest absolute Gasteiger partial charge is 0.242 e. The van der Waals surface area contributed by atoms with E-state index in [1.165, 1.54) is 0 Å². The third-order valence-electron chi connectivity index (χ3n) is 5.43. The second kappa shape index (κ2) is 7.57. The second-order valence-electron chi connectivity index (χ2n) is 7.58. The fourth-order valence-electron chi connectivity index (χ4n) is 3.78. The molecule has 0 amide bonds. The zero-order chi connectivity index (χ0) is 19.8. The highest BCUT2D eigenvalue weighted by atomic mass is 16.5. The third-order valence-corrected chi connectivity index (χ3v) is 5.43. The molecule has 0 N–H and O–H groups in total. The van der Waals surface area contributed by atoms with Crippen molar-refractivity contribution in [3.63, 3.8) is 0 Å². The molecule has 9 heteroatoms. The van der Waals surface area contributed by atoms with Crippen LogP contribution in [0.25, 0.3) is 17.0 Å². The van der Waals surface area contributed by atoms with Crippen LogP contribution in [0, 0.1) is 0 Å². The molecule has 5 rings (SSSR count). The number of ether oxygens (including phenoxy) is 2. The lowest BCUT2D eigenvalue weighted by Gasteiger charge is -2.37. The first kappa shape index (κ1) is 18.3. The van der Waals surface area contributed by atoms with Gasteiger partial charge in [-0.05, 0) is 26.0 Å². The van der Waals surface area contributed by atoms with E-state index in [0.29, 0.717) is 37.7 Å². The summed E-state index contributed by atoms with van der Waals surface area (Å²) < 4.78 is 13.2. The summed E-state index contributed by atoms with van der Waals surface area (Å²) in [4.78, 5) is 23.4. The Hall–Kier alpha value is -2.78. The van der Waals surface area contributed by atoms with Crippen LogP contribution in [0.4, 0.5) is 11.9 Å². The summed E-state index contributed by atoms with van der Waals surface area (Å²) in [5.41, 5.74) is 1.89. The van der Waals surface area contributed by atoms with E-state index in [1.807, 2.05) is 28.8 Å². The minimum absolute atomic E-state index is 0.132. The molecule has 0 unspecified atom stereocenters. The van der Waals surface area contributed by atoms with Crippen LogP contribution in [0.3, 0.4) is 0 Å². The number of fused-ring (bicyclic) bond motifs is 1. The Morgan fingerprint density at radius 3 is 2.59 bits per heavy atom. The highest BCUT2D eigenvalue weighted by Gasteiger charge is 2.28. The molecule has 1 aromatic carbocycles. The lowest BCUT2D eigenvalue weighted by molar-refractivity contribution is 0.0336. The number of rotatable bonds is 3. The highest BCUT2D eigenvalue weighted by Crippen LogP contribution is 2.24.